The summed E-state index contributed by atoms with van der Waals surface area (Å²) >= 11 is 5.17. The van der Waals surface area contributed by atoms with Crippen molar-refractivity contribution in [1.82, 2.24) is 20.5 Å². The van der Waals surface area contributed by atoms with Crippen LogP contribution in [0.2, 0.25) is 0 Å². The van der Waals surface area contributed by atoms with Gasteiger partial charge in [-0.3, -0.25) is 15.6 Å². The maximum Gasteiger partial charge on any atom is 0.242 e. The lowest BCUT2D eigenvalue weighted by Crippen LogP contribution is -2.53. The zero-order valence-electron chi connectivity index (χ0n) is 13.5. The average Bonchev–Trinajstić information content (AvgIpc) is 3.05. The summed E-state index contributed by atoms with van der Waals surface area (Å²) in [5, 5.41) is 3.59. The van der Waals surface area contributed by atoms with Crippen LogP contribution in [0, 0.1) is 5.92 Å². The summed E-state index contributed by atoms with van der Waals surface area (Å²) in [6.07, 6.45) is 5.99. The van der Waals surface area contributed by atoms with Crippen molar-refractivity contribution < 1.29 is 13.2 Å². The first kappa shape index (κ1) is 18.4. The first-order valence-electron chi connectivity index (χ1n) is 8.26. The van der Waals surface area contributed by atoms with Crippen LogP contribution in [0.3, 0.4) is 0 Å². The molecule has 1 saturated heterocycles. The van der Waals surface area contributed by atoms with E-state index in [-0.39, 0.29) is 24.1 Å². The Morgan fingerprint density at radius 3 is 2.52 bits per heavy atom. The highest BCUT2D eigenvalue weighted by Crippen LogP contribution is 2.19. The maximum absolute atomic E-state index is 12.2. The highest BCUT2D eigenvalue weighted by molar-refractivity contribution is 7.89. The third kappa shape index (κ3) is 5.29. The summed E-state index contributed by atoms with van der Waals surface area (Å²) in [6.45, 7) is 2.36. The van der Waals surface area contributed by atoms with E-state index in [0.717, 1.165) is 12.8 Å². The van der Waals surface area contributed by atoms with E-state index in [1.807, 2.05) is 0 Å². The van der Waals surface area contributed by atoms with Crippen LogP contribution in [0.1, 0.15) is 45.4 Å². The molecule has 2 fully saturated rings. The first-order chi connectivity index (χ1) is 10.9. The van der Waals surface area contributed by atoms with Gasteiger partial charge in [0.25, 0.3) is 0 Å². The normalized spacial score (nSPS) is 23.4. The van der Waals surface area contributed by atoms with Crippen molar-refractivity contribution in [1.29, 1.82) is 0 Å². The number of carbonyl (C=O) groups is 1. The van der Waals surface area contributed by atoms with Crippen molar-refractivity contribution >= 4 is 33.3 Å². The van der Waals surface area contributed by atoms with Gasteiger partial charge >= 0.3 is 0 Å². The minimum Gasteiger partial charge on any atom is -0.359 e. The molecule has 0 aromatic rings. The fourth-order valence-corrected chi connectivity index (χ4v) is 4.50. The van der Waals surface area contributed by atoms with E-state index in [9.17, 15) is 13.2 Å². The Balaban J connectivity index is 1.77. The van der Waals surface area contributed by atoms with Gasteiger partial charge in [-0.1, -0.05) is 12.8 Å². The monoisotopic (exact) mass is 362 g/mol. The topological polar surface area (TPSA) is 90.5 Å². The number of sulfonamides is 1. The van der Waals surface area contributed by atoms with Gasteiger partial charge < -0.3 is 5.32 Å². The Bertz CT molecular complexity index is 532. The highest BCUT2D eigenvalue weighted by Gasteiger charge is 2.31. The molecule has 2 rings (SSSR count). The molecule has 0 aromatic carbocycles. The third-order valence-corrected chi connectivity index (χ3v) is 6.57. The van der Waals surface area contributed by atoms with Crippen LogP contribution in [-0.2, 0) is 14.8 Å². The molecule has 1 saturated carbocycles. The fourth-order valence-electron chi connectivity index (χ4n) is 3.10. The number of thiocarbonyl (C=S) groups is 1. The predicted octanol–water partition coefficient (Wildman–Crippen LogP) is 0.486. The lowest BCUT2D eigenvalue weighted by Gasteiger charge is -2.31. The second-order valence-electron chi connectivity index (χ2n) is 6.17. The number of rotatable bonds is 4. The van der Waals surface area contributed by atoms with Gasteiger partial charge in [0.1, 0.15) is 0 Å². The number of amides is 1. The quantitative estimate of drug-likeness (QED) is 0.498. The van der Waals surface area contributed by atoms with Crippen molar-refractivity contribution in [3.63, 3.8) is 0 Å². The predicted molar refractivity (Wildman–Crippen MR) is 93.0 cm³/mol. The Morgan fingerprint density at radius 2 is 1.87 bits per heavy atom. The second-order valence-corrected chi connectivity index (χ2v) is 8.83. The molecule has 132 valence electrons. The van der Waals surface area contributed by atoms with Crippen LogP contribution in [-0.4, -0.2) is 48.6 Å². The van der Waals surface area contributed by atoms with Crippen LogP contribution >= 0.6 is 12.2 Å². The van der Waals surface area contributed by atoms with Crippen molar-refractivity contribution in [3.8, 4) is 0 Å². The van der Waals surface area contributed by atoms with Crippen molar-refractivity contribution in [2.45, 2.75) is 51.5 Å². The molecule has 0 radical (unpaired) electrons. The molecule has 3 N–H and O–H groups in total. The number of hydrogen-bond donors (Lipinski definition) is 3. The summed E-state index contributed by atoms with van der Waals surface area (Å²) in [7, 11) is -3.24. The molecule has 9 heteroatoms. The lowest BCUT2D eigenvalue weighted by atomic mass is 9.99. The van der Waals surface area contributed by atoms with E-state index in [1.165, 1.54) is 17.1 Å². The van der Waals surface area contributed by atoms with Crippen LogP contribution in [0.4, 0.5) is 0 Å². The molecule has 0 bridgehead atoms. The molecule has 1 amide bonds. The molecule has 0 spiro atoms. The van der Waals surface area contributed by atoms with Gasteiger partial charge in [0.15, 0.2) is 5.11 Å². The molecule has 1 aliphatic heterocycles. The molecule has 1 heterocycles. The zero-order valence-corrected chi connectivity index (χ0v) is 15.1. The van der Waals surface area contributed by atoms with Gasteiger partial charge in [-0.15, -0.1) is 0 Å². The molecule has 23 heavy (non-hydrogen) atoms. The van der Waals surface area contributed by atoms with E-state index in [1.54, 1.807) is 6.92 Å². The number of hydrogen-bond acceptors (Lipinski definition) is 4. The fraction of sp³-hybridized carbons (Fsp3) is 0.857. The summed E-state index contributed by atoms with van der Waals surface area (Å²) < 4.78 is 25.3. The summed E-state index contributed by atoms with van der Waals surface area (Å²) in [5.41, 5.74) is 5.33. The minimum absolute atomic E-state index is 0.0645. The van der Waals surface area contributed by atoms with Gasteiger partial charge in [-0.05, 0) is 44.8 Å². The number of nitrogens with one attached hydrogen (secondary N) is 3. The van der Waals surface area contributed by atoms with Crippen LogP contribution in [0.5, 0.6) is 0 Å². The molecular formula is C14H26N4O3S2. The first-order valence-corrected chi connectivity index (χ1v) is 10.3. The van der Waals surface area contributed by atoms with E-state index in [4.69, 9.17) is 12.2 Å². The molecule has 0 aromatic heterocycles. The van der Waals surface area contributed by atoms with E-state index < -0.39 is 10.0 Å². The standard InChI is InChI=1S/C14H26N4O3S2/c1-2-23(20,21)18-9-5-6-11(10-18)13(19)16-17-14(22)15-12-7-3-4-8-12/h11-12H,2-10H2,1H3,(H,16,19)(H2,15,17,22)/t11-/m0/s1. The smallest absolute Gasteiger partial charge is 0.242 e. The Morgan fingerprint density at radius 1 is 1.17 bits per heavy atom. The molecule has 1 aliphatic carbocycles. The maximum atomic E-state index is 12.2. The van der Waals surface area contributed by atoms with Crippen LogP contribution in [0.25, 0.3) is 0 Å². The third-order valence-electron chi connectivity index (χ3n) is 4.50. The van der Waals surface area contributed by atoms with Crippen LogP contribution in [0.15, 0.2) is 0 Å². The highest BCUT2D eigenvalue weighted by atomic mass is 32.2. The number of piperidine rings is 1. The van der Waals surface area contributed by atoms with Gasteiger partial charge in [0, 0.05) is 19.1 Å². The second kappa shape index (κ2) is 8.25. The van der Waals surface area contributed by atoms with Gasteiger partial charge in [0.05, 0.1) is 11.7 Å². The van der Waals surface area contributed by atoms with Gasteiger partial charge in [-0.2, -0.15) is 0 Å². The average molecular weight is 363 g/mol. The van der Waals surface area contributed by atoms with Crippen molar-refractivity contribution in [2.75, 3.05) is 18.8 Å². The Labute approximate surface area is 143 Å². The number of hydrazine groups is 1. The van der Waals surface area contributed by atoms with E-state index >= 15 is 0 Å². The van der Waals surface area contributed by atoms with Gasteiger partial charge in [-0.25, -0.2) is 12.7 Å². The van der Waals surface area contributed by atoms with Gasteiger partial charge in [0.2, 0.25) is 15.9 Å². The zero-order chi connectivity index (χ0) is 16.9. The minimum atomic E-state index is -3.24. The van der Waals surface area contributed by atoms with E-state index in [0.29, 0.717) is 30.5 Å². The van der Waals surface area contributed by atoms with Crippen molar-refractivity contribution in [2.24, 2.45) is 5.92 Å². The molecule has 1 atom stereocenters. The molecule has 0 unspecified atom stereocenters. The number of carbonyl (C=O) groups excluding carboxylic acids is 1. The molecule has 7 nitrogen and oxygen atoms in total. The summed E-state index contributed by atoms with van der Waals surface area (Å²) in [6, 6.07) is 0.381. The van der Waals surface area contributed by atoms with E-state index in [2.05, 4.69) is 16.2 Å². The summed E-state index contributed by atoms with van der Waals surface area (Å²) in [4.78, 5) is 12.2. The Hall–Kier alpha value is -0.930. The Kier molecular flexibility index (Phi) is 6.60. The molecule has 2 aliphatic rings. The van der Waals surface area contributed by atoms with Crippen molar-refractivity contribution in [3.05, 3.63) is 0 Å². The summed E-state index contributed by atoms with van der Waals surface area (Å²) in [5.74, 6) is -0.488. The lowest BCUT2D eigenvalue weighted by molar-refractivity contribution is -0.126. The number of nitrogens with zero attached hydrogens (tertiary/aromatic N) is 1. The largest absolute Gasteiger partial charge is 0.359 e. The SMILES string of the molecule is CCS(=O)(=O)N1CCC[C@H](C(=O)NNC(=S)NC2CCCC2)C1. The molecular weight excluding hydrogens is 336 g/mol. The van der Waals surface area contributed by atoms with Crippen LogP contribution < -0.4 is 16.2 Å².